The molecule has 2 amide bonds. The predicted molar refractivity (Wildman–Crippen MR) is 74.2 cm³/mol. The third-order valence-corrected chi connectivity index (χ3v) is 3.35. The highest BCUT2D eigenvalue weighted by Crippen LogP contribution is 2.18. The van der Waals surface area contributed by atoms with Crippen LogP contribution in [-0.4, -0.2) is 31.4 Å². The Morgan fingerprint density at radius 2 is 2.16 bits per heavy atom. The summed E-state index contributed by atoms with van der Waals surface area (Å²) >= 11 is 0. The fourth-order valence-corrected chi connectivity index (χ4v) is 2.22. The Labute approximate surface area is 112 Å². The van der Waals surface area contributed by atoms with Gasteiger partial charge in [-0.25, -0.2) is 0 Å². The molecule has 1 atom stereocenters. The lowest BCUT2D eigenvalue weighted by molar-refractivity contribution is -0.117. The van der Waals surface area contributed by atoms with Crippen molar-refractivity contribution in [1.82, 2.24) is 10.6 Å². The third-order valence-electron chi connectivity index (χ3n) is 3.35. The lowest BCUT2D eigenvalue weighted by atomic mass is 10.1. The second-order valence-corrected chi connectivity index (χ2v) is 4.75. The van der Waals surface area contributed by atoms with E-state index in [0.29, 0.717) is 5.56 Å². The van der Waals surface area contributed by atoms with E-state index < -0.39 is 0 Å². The summed E-state index contributed by atoms with van der Waals surface area (Å²) in [5.41, 5.74) is 2.23. The summed E-state index contributed by atoms with van der Waals surface area (Å²) in [7, 11) is 1.60. The first kappa shape index (κ1) is 13.5. The molecular formula is C14H19N3O2. The summed E-state index contributed by atoms with van der Waals surface area (Å²) < 4.78 is 0. The van der Waals surface area contributed by atoms with E-state index in [1.807, 2.05) is 6.92 Å². The van der Waals surface area contributed by atoms with Crippen LogP contribution in [0, 0.1) is 6.92 Å². The zero-order chi connectivity index (χ0) is 13.8. The molecule has 1 unspecified atom stereocenters. The fraction of sp³-hybridized carbons (Fsp3) is 0.429. The van der Waals surface area contributed by atoms with E-state index in [0.717, 1.165) is 30.6 Å². The Morgan fingerprint density at radius 3 is 2.74 bits per heavy atom. The molecule has 5 nitrogen and oxygen atoms in total. The lowest BCUT2D eigenvalue weighted by Gasteiger charge is -2.13. The Morgan fingerprint density at radius 1 is 1.37 bits per heavy atom. The molecule has 1 aromatic carbocycles. The number of rotatable bonds is 3. The molecule has 3 N–H and O–H groups in total. The zero-order valence-corrected chi connectivity index (χ0v) is 11.2. The van der Waals surface area contributed by atoms with E-state index >= 15 is 0 Å². The maximum Gasteiger partial charge on any atom is 0.251 e. The van der Waals surface area contributed by atoms with Gasteiger partial charge in [-0.2, -0.15) is 0 Å². The van der Waals surface area contributed by atoms with Gasteiger partial charge in [0.2, 0.25) is 5.91 Å². The number of nitrogens with one attached hydrogen (secondary N) is 3. The minimum atomic E-state index is -0.126. The predicted octanol–water partition coefficient (Wildman–Crippen LogP) is 1.05. The van der Waals surface area contributed by atoms with Gasteiger partial charge in [0.05, 0.1) is 6.04 Å². The largest absolute Gasteiger partial charge is 0.355 e. The van der Waals surface area contributed by atoms with Crippen molar-refractivity contribution >= 4 is 17.5 Å². The molecule has 0 saturated carbocycles. The first-order valence-corrected chi connectivity index (χ1v) is 6.49. The fourth-order valence-electron chi connectivity index (χ4n) is 2.22. The van der Waals surface area contributed by atoms with Gasteiger partial charge >= 0.3 is 0 Å². The van der Waals surface area contributed by atoms with Crippen LogP contribution >= 0.6 is 0 Å². The number of anilines is 1. The van der Waals surface area contributed by atoms with Crippen LogP contribution in [0.15, 0.2) is 18.2 Å². The monoisotopic (exact) mass is 261 g/mol. The van der Waals surface area contributed by atoms with E-state index in [-0.39, 0.29) is 17.9 Å². The van der Waals surface area contributed by atoms with Gasteiger partial charge in [-0.3, -0.25) is 9.59 Å². The Hall–Kier alpha value is -1.88. The van der Waals surface area contributed by atoms with Gasteiger partial charge in [0, 0.05) is 18.3 Å². The quantitative estimate of drug-likeness (QED) is 0.761. The van der Waals surface area contributed by atoms with E-state index in [1.54, 1.807) is 25.2 Å². The zero-order valence-electron chi connectivity index (χ0n) is 11.2. The molecule has 0 aromatic heterocycles. The first-order valence-electron chi connectivity index (χ1n) is 6.49. The van der Waals surface area contributed by atoms with Gasteiger partial charge in [-0.1, -0.05) is 0 Å². The van der Waals surface area contributed by atoms with Gasteiger partial charge in [0.1, 0.15) is 0 Å². The van der Waals surface area contributed by atoms with E-state index in [4.69, 9.17) is 0 Å². The molecule has 0 bridgehead atoms. The molecular weight excluding hydrogens is 242 g/mol. The Bertz CT molecular complexity index is 493. The molecule has 2 rings (SSSR count). The minimum absolute atomic E-state index is 0.00621. The van der Waals surface area contributed by atoms with Crippen LogP contribution in [0.1, 0.15) is 28.8 Å². The molecule has 102 valence electrons. The number of hydrogen-bond acceptors (Lipinski definition) is 3. The molecule has 19 heavy (non-hydrogen) atoms. The Balaban J connectivity index is 2.08. The normalized spacial score (nSPS) is 18.1. The number of aryl methyl sites for hydroxylation is 1. The minimum Gasteiger partial charge on any atom is -0.355 e. The summed E-state index contributed by atoms with van der Waals surface area (Å²) in [5.74, 6) is -0.133. The summed E-state index contributed by atoms with van der Waals surface area (Å²) in [6.45, 7) is 2.77. The van der Waals surface area contributed by atoms with Crippen molar-refractivity contribution in [3.8, 4) is 0 Å². The maximum atomic E-state index is 12.0. The molecule has 0 radical (unpaired) electrons. The Kier molecular flexibility index (Phi) is 4.16. The van der Waals surface area contributed by atoms with Gasteiger partial charge in [0.25, 0.3) is 5.91 Å². The van der Waals surface area contributed by atoms with Crippen LogP contribution in [-0.2, 0) is 4.79 Å². The average molecular weight is 261 g/mol. The van der Waals surface area contributed by atoms with E-state index in [1.165, 1.54) is 0 Å². The average Bonchev–Trinajstić information content (AvgIpc) is 2.94. The number of benzene rings is 1. The maximum absolute atomic E-state index is 12.0. The SMILES string of the molecule is CNC(=O)c1ccc(NC(=O)C2CCCN2)c(C)c1. The van der Waals surface area contributed by atoms with Crippen molar-refractivity contribution in [1.29, 1.82) is 0 Å². The molecule has 0 aliphatic carbocycles. The molecule has 0 spiro atoms. The molecule has 1 aliphatic heterocycles. The molecule has 1 fully saturated rings. The van der Waals surface area contributed by atoms with Gasteiger partial charge < -0.3 is 16.0 Å². The summed E-state index contributed by atoms with van der Waals surface area (Å²) in [6, 6.07) is 5.16. The van der Waals surface area contributed by atoms with Gasteiger partial charge in [0.15, 0.2) is 0 Å². The van der Waals surface area contributed by atoms with Gasteiger partial charge in [-0.15, -0.1) is 0 Å². The number of amides is 2. The summed E-state index contributed by atoms with van der Waals surface area (Å²) in [4.78, 5) is 23.5. The van der Waals surface area contributed by atoms with Crippen molar-refractivity contribution in [3.05, 3.63) is 29.3 Å². The van der Waals surface area contributed by atoms with Crippen LogP contribution in [0.25, 0.3) is 0 Å². The van der Waals surface area contributed by atoms with Crippen molar-refractivity contribution in [2.75, 3.05) is 18.9 Å². The highest BCUT2D eigenvalue weighted by molar-refractivity contribution is 5.98. The molecule has 1 saturated heterocycles. The van der Waals surface area contributed by atoms with E-state index in [2.05, 4.69) is 16.0 Å². The van der Waals surface area contributed by atoms with Gasteiger partial charge in [-0.05, 0) is 50.1 Å². The number of carbonyl (C=O) groups is 2. The molecule has 1 aliphatic rings. The molecule has 5 heteroatoms. The van der Waals surface area contributed by atoms with Crippen molar-refractivity contribution in [2.24, 2.45) is 0 Å². The van der Waals surface area contributed by atoms with E-state index in [9.17, 15) is 9.59 Å². The van der Waals surface area contributed by atoms with Crippen LogP contribution in [0.4, 0.5) is 5.69 Å². The highest BCUT2D eigenvalue weighted by atomic mass is 16.2. The lowest BCUT2D eigenvalue weighted by Crippen LogP contribution is -2.35. The smallest absolute Gasteiger partial charge is 0.251 e. The van der Waals surface area contributed by atoms with Crippen LogP contribution in [0.3, 0.4) is 0 Å². The standard InChI is InChI=1S/C14H19N3O2/c1-9-8-10(13(18)15-2)5-6-11(9)17-14(19)12-4-3-7-16-12/h5-6,8,12,16H,3-4,7H2,1-2H3,(H,15,18)(H,17,19). The topological polar surface area (TPSA) is 70.2 Å². The second-order valence-electron chi connectivity index (χ2n) is 4.75. The second kappa shape index (κ2) is 5.84. The van der Waals surface area contributed by atoms with Crippen molar-refractivity contribution in [2.45, 2.75) is 25.8 Å². The molecule has 1 aromatic rings. The van der Waals surface area contributed by atoms with Crippen molar-refractivity contribution in [3.63, 3.8) is 0 Å². The molecule has 1 heterocycles. The number of carbonyl (C=O) groups excluding carboxylic acids is 2. The van der Waals surface area contributed by atoms with Crippen molar-refractivity contribution < 1.29 is 9.59 Å². The first-order chi connectivity index (χ1) is 9.11. The van der Waals surface area contributed by atoms with Crippen LogP contribution in [0.5, 0.6) is 0 Å². The summed E-state index contributed by atoms with van der Waals surface area (Å²) in [6.07, 6.45) is 1.91. The van der Waals surface area contributed by atoms with Crippen LogP contribution < -0.4 is 16.0 Å². The summed E-state index contributed by atoms with van der Waals surface area (Å²) in [5, 5.41) is 8.64. The number of hydrogen-bond donors (Lipinski definition) is 3. The third kappa shape index (κ3) is 3.12. The highest BCUT2D eigenvalue weighted by Gasteiger charge is 2.22. The van der Waals surface area contributed by atoms with Crippen LogP contribution in [0.2, 0.25) is 0 Å².